The largest absolute Gasteiger partial charge is 0.492 e. The van der Waals surface area contributed by atoms with Gasteiger partial charge in [0.1, 0.15) is 12.4 Å². The highest BCUT2D eigenvalue weighted by molar-refractivity contribution is 5.27. The van der Waals surface area contributed by atoms with E-state index in [4.69, 9.17) is 9.47 Å². The van der Waals surface area contributed by atoms with Crippen molar-refractivity contribution in [1.82, 2.24) is 9.80 Å². The molecule has 4 heteroatoms. The van der Waals surface area contributed by atoms with Crippen molar-refractivity contribution in [2.24, 2.45) is 0 Å². The fraction of sp³-hybridized carbons (Fsp3) is 0.625. The molecule has 112 valence electrons. The van der Waals surface area contributed by atoms with Crippen LogP contribution in [0, 0.1) is 6.92 Å². The smallest absolute Gasteiger partial charge is 0.119 e. The SMILES string of the molecule is Cc1cccc(OCCN2CCOC(CN(C)C)C2)c1. The summed E-state index contributed by atoms with van der Waals surface area (Å²) in [5, 5.41) is 0. The second-order valence-electron chi connectivity index (χ2n) is 5.72. The van der Waals surface area contributed by atoms with Gasteiger partial charge in [0.25, 0.3) is 0 Å². The molecule has 1 unspecified atom stereocenters. The Balaban J connectivity index is 1.71. The van der Waals surface area contributed by atoms with Gasteiger partial charge in [0.2, 0.25) is 0 Å². The van der Waals surface area contributed by atoms with Crippen LogP contribution in [0.2, 0.25) is 0 Å². The second kappa shape index (κ2) is 7.62. The van der Waals surface area contributed by atoms with Crippen LogP contribution in [0.4, 0.5) is 0 Å². The van der Waals surface area contributed by atoms with Crippen molar-refractivity contribution in [3.63, 3.8) is 0 Å². The first-order valence-corrected chi connectivity index (χ1v) is 7.31. The molecular formula is C16H26N2O2. The highest BCUT2D eigenvalue weighted by atomic mass is 16.5. The Morgan fingerprint density at radius 2 is 2.25 bits per heavy atom. The van der Waals surface area contributed by atoms with Gasteiger partial charge in [0, 0.05) is 26.2 Å². The van der Waals surface area contributed by atoms with E-state index in [0.717, 1.165) is 45.1 Å². The zero-order chi connectivity index (χ0) is 14.4. The number of hydrogen-bond donors (Lipinski definition) is 0. The molecule has 1 fully saturated rings. The fourth-order valence-electron chi connectivity index (χ4n) is 2.50. The molecular weight excluding hydrogens is 252 g/mol. The van der Waals surface area contributed by atoms with Crippen LogP contribution >= 0.6 is 0 Å². The van der Waals surface area contributed by atoms with E-state index >= 15 is 0 Å². The van der Waals surface area contributed by atoms with E-state index in [9.17, 15) is 0 Å². The molecule has 4 nitrogen and oxygen atoms in total. The third-order valence-electron chi connectivity index (χ3n) is 3.46. The molecule has 20 heavy (non-hydrogen) atoms. The molecule has 1 aliphatic rings. The molecule has 0 bridgehead atoms. The lowest BCUT2D eigenvalue weighted by Crippen LogP contribution is -2.47. The van der Waals surface area contributed by atoms with E-state index in [2.05, 4.69) is 43.0 Å². The molecule has 1 atom stereocenters. The highest BCUT2D eigenvalue weighted by Gasteiger charge is 2.20. The van der Waals surface area contributed by atoms with Crippen molar-refractivity contribution in [2.45, 2.75) is 13.0 Å². The number of aryl methyl sites for hydroxylation is 1. The Bertz CT molecular complexity index is 409. The van der Waals surface area contributed by atoms with Gasteiger partial charge in [-0.3, -0.25) is 4.90 Å². The van der Waals surface area contributed by atoms with Gasteiger partial charge >= 0.3 is 0 Å². The minimum absolute atomic E-state index is 0.317. The van der Waals surface area contributed by atoms with Crippen LogP contribution in [0.3, 0.4) is 0 Å². The van der Waals surface area contributed by atoms with Crippen LogP contribution in [-0.2, 0) is 4.74 Å². The third kappa shape index (κ3) is 5.12. The maximum atomic E-state index is 5.81. The van der Waals surface area contributed by atoms with Gasteiger partial charge in [0.05, 0.1) is 12.7 Å². The lowest BCUT2D eigenvalue weighted by Gasteiger charge is -2.34. The summed E-state index contributed by atoms with van der Waals surface area (Å²) in [6.07, 6.45) is 0.317. The first-order valence-electron chi connectivity index (χ1n) is 7.31. The molecule has 0 aromatic heterocycles. The molecule has 0 amide bonds. The zero-order valence-electron chi connectivity index (χ0n) is 12.8. The van der Waals surface area contributed by atoms with Crippen LogP contribution in [0.1, 0.15) is 5.56 Å². The molecule has 1 heterocycles. The van der Waals surface area contributed by atoms with E-state index in [1.165, 1.54) is 5.56 Å². The predicted molar refractivity (Wildman–Crippen MR) is 81.4 cm³/mol. The zero-order valence-corrected chi connectivity index (χ0v) is 12.8. The molecule has 0 saturated carbocycles. The van der Waals surface area contributed by atoms with Gasteiger partial charge in [0.15, 0.2) is 0 Å². The van der Waals surface area contributed by atoms with Crippen molar-refractivity contribution in [3.8, 4) is 5.75 Å². The number of nitrogens with zero attached hydrogens (tertiary/aromatic N) is 2. The van der Waals surface area contributed by atoms with Gasteiger partial charge in [-0.1, -0.05) is 12.1 Å². The van der Waals surface area contributed by atoms with Crippen LogP contribution < -0.4 is 4.74 Å². The average Bonchev–Trinajstić information content (AvgIpc) is 2.38. The summed E-state index contributed by atoms with van der Waals surface area (Å²) in [6, 6.07) is 8.21. The monoisotopic (exact) mass is 278 g/mol. The number of morpholine rings is 1. The van der Waals surface area contributed by atoms with Gasteiger partial charge in [-0.2, -0.15) is 0 Å². The van der Waals surface area contributed by atoms with E-state index in [0.29, 0.717) is 6.10 Å². The number of likely N-dealkylation sites (N-methyl/N-ethyl adjacent to an activating group) is 1. The quantitative estimate of drug-likeness (QED) is 0.790. The number of benzene rings is 1. The molecule has 0 spiro atoms. The molecule has 1 saturated heterocycles. The molecule has 2 rings (SSSR count). The molecule has 0 radical (unpaired) electrons. The normalized spacial score (nSPS) is 20.3. The Hall–Kier alpha value is -1.10. The first-order chi connectivity index (χ1) is 9.63. The van der Waals surface area contributed by atoms with Crippen LogP contribution in [0.25, 0.3) is 0 Å². The lowest BCUT2D eigenvalue weighted by atomic mass is 10.2. The molecule has 1 aliphatic heterocycles. The van der Waals surface area contributed by atoms with E-state index in [1.54, 1.807) is 0 Å². The molecule has 0 aliphatic carbocycles. The van der Waals surface area contributed by atoms with Gasteiger partial charge in [-0.05, 0) is 38.7 Å². The van der Waals surface area contributed by atoms with Gasteiger partial charge in [-0.25, -0.2) is 0 Å². The number of rotatable bonds is 6. The maximum Gasteiger partial charge on any atom is 0.119 e. The standard InChI is InChI=1S/C16H26N2O2/c1-14-5-4-6-15(11-14)19-9-7-18-8-10-20-16(13-18)12-17(2)3/h4-6,11,16H,7-10,12-13H2,1-3H3. The van der Waals surface area contributed by atoms with Gasteiger partial charge < -0.3 is 14.4 Å². The summed E-state index contributed by atoms with van der Waals surface area (Å²) < 4.78 is 11.6. The first kappa shape index (κ1) is 15.3. The van der Waals surface area contributed by atoms with Crippen molar-refractivity contribution < 1.29 is 9.47 Å². The molecule has 1 aromatic rings. The van der Waals surface area contributed by atoms with Gasteiger partial charge in [-0.15, -0.1) is 0 Å². The average molecular weight is 278 g/mol. The Morgan fingerprint density at radius 1 is 1.40 bits per heavy atom. The fourth-order valence-corrected chi connectivity index (χ4v) is 2.50. The summed E-state index contributed by atoms with van der Waals surface area (Å²) >= 11 is 0. The third-order valence-corrected chi connectivity index (χ3v) is 3.46. The van der Waals surface area contributed by atoms with E-state index < -0.39 is 0 Å². The Kier molecular flexibility index (Phi) is 5.83. The maximum absolute atomic E-state index is 5.81. The van der Waals surface area contributed by atoms with E-state index in [1.807, 2.05) is 12.1 Å². The number of ether oxygens (including phenoxy) is 2. The Labute approximate surface area is 122 Å². The highest BCUT2D eigenvalue weighted by Crippen LogP contribution is 2.12. The van der Waals surface area contributed by atoms with Crippen molar-refractivity contribution in [2.75, 3.05) is 53.5 Å². The topological polar surface area (TPSA) is 24.9 Å². The molecule has 1 aromatic carbocycles. The Morgan fingerprint density at radius 3 is 3.00 bits per heavy atom. The second-order valence-corrected chi connectivity index (χ2v) is 5.72. The van der Waals surface area contributed by atoms with Crippen molar-refractivity contribution >= 4 is 0 Å². The lowest BCUT2D eigenvalue weighted by molar-refractivity contribution is -0.0405. The minimum atomic E-state index is 0.317. The molecule has 0 N–H and O–H groups in total. The van der Waals surface area contributed by atoms with E-state index in [-0.39, 0.29) is 0 Å². The summed E-state index contributed by atoms with van der Waals surface area (Å²) in [5.74, 6) is 0.961. The van der Waals surface area contributed by atoms with Crippen LogP contribution in [0.15, 0.2) is 24.3 Å². The number of hydrogen-bond acceptors (Lipinski definition) is 4. The van der Waals surface area contributed by atoms with Crippen LogP contribution in [-0.4, -0.2) is 69.4 Å². The van der Waals surface area contributed by atoms with Crippen LogP contribution in [0.5, 0.6) is 5.75 Å². The minimum Gasteiger partial charge on any atom is -0.492 e. The van der Waals surface area contributed by atoms with Crippen molar-refractivity contribution in [1.29, 1.82) is 0 Å². The summed E-state index contributed by atoms with van der Waals surface area (Å²) in [7, 11) is 4.17. The summed E-state index contributed by atoms with van der Waals surface area (Å²) in [5.41, 5.74) is 1.24. The summed E-state index contributed by atoms with van der Waals surface area (Å²) in [6.45, 7) is 7.58. The van der Waals surface area contributed by atoms with Crippen molar-refractivity contribution in [3.05, 3.63) is 29.8 Å². The summed E-state index contributed by atoms with van der Waals surface area (Å²) in [4.78, 5) is 4.60. The predicted octanol–water partition coefficient (Wildman–Crippen LogP) is 1.64.